The van der Waals surface area contributed by atoms with Gasteiger partial charge >= 0.3 is 5.97 Å². The summed E-state index contributed by atoms with van der Waals surface area (Å²) in [5, 5.41) is 8.51. The first kappa shape index (κ1) is 11.9. The van der Waals surface area contributed by atoms with Crippen LogP contribution in [-0.2, 0) is 9.53 Å². The Morgan fingerprint density at radius 3 is 2.44 bits per heavy atom. The number of nitrogens with zero attached hydrogens (tertiary/aromatic N) is 1. The monoisotopic (exact) mass is 227 g/mol. The first-order valence-electron chi connectivity index (χ1n) is 6.33. The highest BCUT2D eigenvalue weighted by atomic mass is 16.5. The second-order valence-electron chi connectivity index (χ2n) is 4.83. The number of piperidine rings is 1. The molecule has 92 valence electrons. The van der Waals surface area contributed by atoms with E-state index in [0.717, 1.165) is 32.0 Å². The van der Waals surface area contributed by atoms with Crippen molar-refractivity contribution in [2.75, 3.05) is 19.7 Å². The van der Waals surface area contributed by atoms with Gasteiger partial charge in [-0.2, -0.15) is 0 Å². The van der Waals surface area contributed by atoms with E-state index in [1.54, 1.807) is 0 Å². The van der Waals surface area contributed by atoms with Crippen LogP contribution in [0.15, 0.2) is 0 Å². The summed E-state index contributed by atoms with van der Waals surface area (Å²) in [6.45, 7) is 2.62. The lowest BCUT2D eigenvalue weighted by Crippen LogP contribution is -2.46. The third-order valence-corrected chi connectivity index (χ3v) is 3.74. The van der Waals surface area contributed by atoms with E-state index in [9.17, 15) is 4.79 Å². The molecule has 2 aliphatic rings. The second kappa shape index (κ2) is 5.64. The van der Waals surface area contributed by atoms with Crippen LogP contribution in [0.25, 0.3) is 0 Å². The SMILES string of the molecule is O=C(O)CCOC1CCN(C2CCC2)CC1. The molecule has 0 radical (unpaired) electrons. The lowest BCUT2D eigenvalue weighted by molar-refractivity contribution is -0.139. The van der Waals surface area contributed by atoms with Gasteiger partial charge in [0.1, 0.15) is 0 Å². The molecule has 4 nitrogen and oxygen atoms in total. The fraction of sp³-hybridized carbons (Fsp3) is 0.917. The topological polar surface area (TPSA) is 49.8 Å². The highest BCUT2D eigenvalue weighted by Gasteiger charge is 2.28. The molecule has 0 spiro atoms. The van der Waals surface area contributed by atoms with Crippen molar-refractivity contribution in [3.05, 3.63) is 0 Å². The van der Waals surface area contributed by atoms with Gasteiger partial charge in [-0.1, -0.05) is 6.42 Å². The summed E-state index contributed by atoms with van der Waals surface area (Å²) >= 11 is 0. The van der Waals surface area contributed by atoms with E-state index in [1.807, 2.05) is 0 Å². The van der Waals surface area contributed by atoms with Crippen LogP contribution in [0.1, 0.15) is 38.5 Å². The van der Waals surface area contributed by atoms with Crippen molar-refractivity contribution < 1.29 is 14.6 Å². The van der Waals surface area contributed by atoms with Crippen molar-refractivity contribution in [1.82, 2.24) is 4.90 Å². The van der Waals surface area contributed by atoms with E-state index in [2.05, 4.69) is 4.90 Å². The number of hydrogen-bond donors (Lipinski definition) is 1. The first-order chi connectivity index (χ1) is 7.75. The zero-order chi connectivity index (χ0) is 11.4. The summed E-state index contributed by atoms with van der Waals surface area (Å²) < 4.78 is 5.57. The lowest BCUT2D eigenvalue weighted by atomic mass is 9.90. The van der Waals surface area contributed by atoms with Crippen LogP contribution in [0.3, 0.4) is 0 Å². The molecule has 1 heterocycles. The Balaban J connectivity index is 1.59. The zero-order valence-corrected chi connectivity index (χ0v) is 9.73. The van der Waals surface area contributed by atoms with Crippen molar-refractivity contribution in [2.45, 2.75) is 50.7 Å². The highest BCUT2D eigenvalue weighted by molar-refractivity contribution is 5.66. The van der Waals surface area contributed by atoms with Crippen LogP contribution in [0.4, 0.5) is 0 Å². The molecule has 0 unspecified atom stereocenters. The van der Waals surface area contributed by atoms with Gasteiger partial charge in [-0.25, -0.2) is 0 Å². The van der Waals surface area contributed by atoms with Gasteiger partial charge in [-0.05, 0) is 25.7 Å². The van der Waals surface area contributed by atoms with Gasteiger partial charge in [0.25, 0.3) is 0 Å². The number of carbonyl (C=O) groups is 1. The summed E-state index contributed by atoms with van der Waals surface area (Å²) in [5.74, 6) is -0.771. The lowest BCUT2D eigenvalue weighted by Gasteiger charge is -2.41. The van der Waals surface area contributed by atoms with Gasteiger partial charge in [0, 0.05) is 19.1 Å². The van der Waals surface area contributed by atoms with Crippen molar-refractivity contribution in [3.63, 3.8) is 0 Å². The van der Waals surface area contributed by atoms with Crippen LogP contribution in [-0.4, -0.2) is 47.8 Å². The molecule has 0 amide bonds. The summed E-state index contributed by atoms with van der Waals surface area (Å²) in [5.41, 5.74) is 0. The molecule has 0 aromatic heterocycles. The van der Waals surface area contributed by atoms with Gasteiger partial charge in [0.15, 0.2) is 0 Å². The van der Waals surface area contributed by atoms with Gasteiger partial charge in [-0.15, -0.1) is 0 Å². The number of ether oxygens (including phenoxy) is 1. The van der Waals surface area contributed by atoms with E-state index in [4.69, 9.17) is 9.84 Å². The Bertz CT molecular complexity index is 232. The van der Waals surface area contributed by atoms with Crippen molar-refractivity contribution in [2.24, 2.45) is 0 Å². The molecular weight excluding hydrogens is 206 g/mol. The number of hydrogen-bond acceptors (Lipinski definition) is 3. The molecule has 1 aliphatic heterocycles. The number of likely N-dealkylation sites (tertiary alicyclic amines) is 1. The van der Waals surface area contributed by atoms with Crippen molar-refractivity contribution in [1.29, 1.82) is 0 Å². The normalized spacial score (nSPS) is 24.2. The molecule has 1 saturated heterocycles. The maximum atomic E-state index is 10.3. The standard InChI is InChI=1S/C12H21NO3/c14-12(15)6-9-16-11-4-7-13(8-5-11)10-2-1-3-10/h10-11H,1-9H2,(H,14,15). The van der Waals surface area contributed by atoms with Crippen molar-refractivity contribution in [3.8, 4) is 0 Å². The molecule has 0 bridgehead atoms. The van der Waals surface area contributed by atoms with Crippen LogP contribution in [0, 0.1) is 0 Å². The highest BCUT2D eigenvalue weighted by Crippen LogP contribution is 2.27. The Labute approximate surface area is 96.6 Å². The smallest absolute Gasteiger partial charge is 0.305 e. The minimum absolute atomic E-state index is 0.128. The van der Waals surface area contributed by atoms with Crippen LogP contribution in [0.5, 0.6) is 0 Å². The van der Waals surface area contributed by atoms with Crippen LogP contribution >= 0.6 is 0 Å². The Hall–Kier alpha value is -0.610. The number of carboxylic acid groups (broad SMARTS) is 1. The van der Waals surface area contributed by atoms with E-state index in [0.29, 0.717) is 6.61 Å². The molecule has 1 aliphatic carbocycles. The van der Waals surface area contributed by atoms with E-state index >= 15 is 0 Å². The maximum Gasteiger partial charge on any atom is 0.305 e. The molecule has 0 aromatic carbocycles. The number of carboxylic acids is 1. The van der Waals surface area contributed by atoms with Crippen LogP contribution in [0.2, 0.25) is 0 Å². The predicted molar refractivity (Wildman–Crippen MR) is 60.4 cm³/mol. The number of aliphatic carboxylic acids is 1. The van der Waals surface area contributed by atoms with Gasteiger partial charge in [0.2, 0.25) is 0 Å². The molecule has 4 heteroatoms. The Morgan fingerprint density at radius 1 is 1.25 bits per heavy atom. The largest absolute Gasteiger partial charge is 0.481 e. The molecule has 2 fully saturated rings. The summed E-state index contributed by atoms with van der Waals surface area (Å²) in [4.78, 5) is 12.9. The quantitative estimate of drug-likeness (QED) is 0.773. The van der Waals surface area contributed by atoms with Gasteiger partial charge in [-0.3, -0.25) is 4.79 Å². The van der Waals surface area contributed by atoms with E-state index in [-0.39, 0.29) is 12.5 Å². The Morgan fingerprint density at radius 2 is 1.94 bits per heavy atom. The maximum absolute atomic E-state index is 10.3. The molecule has 0 atom stereocenters. The second-order valence-corrected chi connectivity index (χ2v) is 4.83. The third kappa shape index (κ3) is 3.19. The summed E-state index contributed by atoms with van der Waals surface area (Å²) in [6.07, 6.45) is 6.67. The first-order valence-corrected chi connectivity index (χ1v) is 6.33. The van der Waals surface area contributed by atoms with Crippen LogP contribution < -0.4 is 0 Å². The fourth-order valence-corrected chi connectivity index (χ4v) is 2.47. The molecule has 1 N–H and O–H groups in total. The molecule has 2 rings (SSSR count). The predicted octanol–water partition coefficient (Wildman–Crippen LogP) is 1.49. The average molecular weight is 227 g/mol. The van der Waals surface area contributed by atoms with Gasteiger partial charge in [0.05, 0.1) is 19.1 Å². The van der Waals surface area contributed by atoms with E-state index < -0.39 is 5.97 Å². The average Bonchev–Trinajstić information content (AvgIpc) is 2.17. The zero-order valence-electron chi connectivity index (χ0n) is 9.73. The summed E-state index contributed by atoms with van der Waals surface area (Å²) in [6, 6.07) is 0.833. The minimum atomic E-state index is -0.771. The molecule has 0 aromatic rings. The number of rotatable bonds is 5. The minimum Gasteiger partial charge on any atom is -0.481 e. The Kier molecular flexibility index (Phi) is 4.18. The third-order valence-electron chi connectivity index (χ3n) is 3.74. The summed E-state index contributed by atoms with van der Waals surface area (Å²) in [7, 11) is 0. The molecule has 16 heavy (non-hydrogen) atoms. The van der Waals surface area contributed by atoms with E-state index in [1.165, 1.54) is 19.3 Å². The molecule has 1 saturated carbocycles. The van der Waals surface area contributed by atoms with Gasteiger partial charge < -0.3 is 14.7 Å². The fourth-order valence-electron chi connectivity index (χ4n) is 2.47. The van der Waals surface area contributed by atoms with Crippen molar-refractivity contribution >= 4 is 5.97 Å². The molecular formula is C12H21NO3.